The summed E-state index contributed by atoms with van der Waals surface area (Å²) in [4.78, 5) is 3.90. The normalized spacial score (nSPS) is 17.8. The molecule has 2 nitrogen and oxygen atoms in total. The van der Waals surface area contributed by atoms with Crippen LogP contribution in [-0.4, -0.2) is 30.1 Å². The Morgan fingerprint density at radius 2 is 1.94 bits per heavy atom. The standard InChI is InChI=1S/C15H28N2S/c1-11(10-13-8-7-9-18-13)17(6)14(12(2)16)15(3,4)5/h7-9,11-12,14H,10,16H2,1-6H3. The smallest absolute Gasteiger partial charge is 0.0292 e. The van der Waals surface area contributed by atoms with Crippen molar-refractivity contribution in [3.63, 3.8) is 0 Å². The summed E-state index contributed by atoms with van der Waals surface area (Å²) in [5, 5.41) is 2.15. The van der Waals surface area contributed by atoms with E-state index in [1.54, 1.807) is 0 Å². The Labute approximate surface area is 116 Å². The number of hydrogen-bond acceptors (Lipinski definition) is 3. The quantitative estimate of drug-likeness (QED) is 0.887. The molecule has 3 heteroatoms. The molecule has 2 N–H and O–H groups in total. The van der Waals surface area contributed by atoms with E-state index in [0.29, 0.717) is 12.1 Å². The van der Waals surface area contributed by atoms with E-state index in [2.05, 4.69) is 64.1 Å². The van der Waals surface area contributed by atoms with E-state index in [4.69, 9.17) is 5.73 Å². The van der Waals surface area contributed by atoms with E-state index in [1.165, 1.54) is 4.88 Å². The van der Waals surface area contributed by atoms with Gasteiger partial charge in [0.2, 0.25) is 0 Å². The van der Waals surface area contributed by atoms with Crippen molar-refractivity contribution in [1.29, 1.82) is 0 Å². The maximum absolute atomic E-state index is 6.20. The van der Waals surface area contributed by atoms with Crippen LogP contribution in [0.3, 0.4) is 0 Å². The number of nitrogens with zero attached hydrogens (tertiary/aromatic N) is 1. The van der Waals surface area contributed by atoms with E-state index >= 15 is 0 Å². The average Bonchev–Trinajstić information content (AvgIpc) is 2.67. The fraction of sp³-hybridized carbons (Fsp3) is 0.733. The van der Waals surface area contributed by atoms with Crippen LogP contribution in [0, 0.1) is 5.41 Å². The Bertz CT molecular complexity index is 338. The van der Waals surface area contributed by atoms with Crippen LogP contribution in [-0.2, 0) is 6.42 Å². The molecule has 3 unspecified atom stereocenters. The monoisotopic (exact) mass is 268 g/mol. The van der Waals surface area contributed by atoms with Crippen LogP contribution in [0.5, 0.6) is 0 Å². The topological polar surface area (TPSA) is 29.3 Å². The maximum atomic E-state index is 6.20. The molecule has 0 amide bonds. The second-order valence-corrected chi connectivity index (χ2v) is 7.50. The minimum Gasteiger partial charge on any atom is -0.327 e. The molecular weight excluding hydrogens is 240 g/mol. The minimum absolute atomic E-state index is 0.181. The van der Waals surface area contributed by atoms with Gasteiger partial charge in [-0.05, 0) is 44.2 Å². The molecule has 0 aliphatic carbocycles. The lowest BCUT2D eigenvalue weighted by Crippen LogP contribution is -2.55. The van der Waals surface area contributed by atoms with Gasteiger partial charge in [0.05, 0.1) is 0 Å². The van der Waals surface area contributed by atoms with Crippen LogP contribution < -0.4 is 5.73 Å². The van der Waals surface area contributed by atoms with Crippen molar-refractivity contribution in [2.75, 3.05) is 7.05 Å². The molecule has 0 saturated carbocycles. The van der Waals surface area contributed by atoms with Gasteiger partial charge in [0.1, 0.15) is 0 Å². The molecule has 3 atom stereocenters. The summed E-state index contributed by atoms with van der Waals surface area (Å²) in [5.41, 5.74) is 6.40. The van der Waals surface area contributed by atoms with Crippen molar-refractivity contribution in [3.05, 3.63) is 22.4 Å². The van der Waals surface area contributed by atoms with Gasteiger partial charge < -0.3 is 5.73 Å². The molecule has 0 aliphatic heterocycles. The zero-order valence-electron chi connectivity index (χ0n) is 12.6. The summed E-state index contributed by atoms with van der Waals surface area (Å²) in [6.07, 6.45) is 1.10. The molecule has 0 fully saturated rings. The first kappa shape index (κ1) is 15.7. The number of likely N-dealkylation sites (N-methyl/N-ethyl adjacent to an activating group) is 1. The predicted molar refractivity (Wildman–Crippen MR) is 82.1 cm³/mol. The largest absolute Gasteiger partial charge is 0.327 e. The number of rotatable bonds is 5. The van der Waals surface area contributed by atoms with Crippen LogP contribution in [0.25, 0.3) is 0 Å². The molecule has 1 heterocycles. The second-order valence-electron chi connectivity index (χ2n) is 6.47. The Kier molecular flexibility index (Phi) is 5.38. The van der Waals surface area contributed by atoms with Gasteiger partial charge in [-0.15, -0.1) is 11.3 Å². The second kappa shape index (κ2) is 6.18. The third-order valence-electron chi connectivity index (χ3n) is 3.60. The van der Waals surface area contributed by atoms with Crippen molar-refractivity contribution >= 4 is 11.3 Å². The zero-order valence-corrected chi connectivity index (χ0v) is 13.4. The third-order valence-corrected chi connectivity index (χ3v) is 4.49. The lowest BCUT2D eigenvalue weighted by molar-refractivity contribution is 0.0748. The lowest BCUT2D eigenvalue weighted by atomic mass is 9.81. The van der Waals surface area contributed by atoms with Crippen LogP contribution in [0.2, 0.25) is 0 Å². The summed E-state index contributed by atoms with van der Waals surface area (Å²) >= 11 is 1.84. The summed E-state index contributed by atoms with van der Waals surface area (Å²) < 4.78 is 0. The molecule has 1 rings (SSSR count). The molecule has 1 aromatic rings. The van der Waals surface area contributed by atoms with Crippen molar-refractivity contribution in [1.82, 2.24) is 4.90 Å². The number of nitrogens with two attached hydrogens (primary N) is 1. The summed E-state index contributed by atoms with van der Waals surface area (Å²) in [7, 11) is 2.21. The summed E-state index contributed by atoms with van der Waals surface area (Å²) in [6, 6.07) is 5.43. The van der Waals surface area contributed by atoms with Crippen LogP contribution >= 0.6 is 11.3 Å². The molecule has 1 aromatic heterocycles. The average molecular weight is 268 g/mol. The van der Waals surface area contributed by atoms with Gasteiger partial charge in [-0.25, -0.2) is 0 Å². The minimum atomic E-state index is 0.181. The van der Waals surface area contributed by atoms with Gasteiger partial charge >= 0.3 is 0 Å². The summed E-state index contributed by atoms with van der Waals surface area (Å²) in [5.74, 6) is 0. The third kappa shape index (κ3) is 4.08. The molecule has 18 heavy (non-hydrogen) atoms. The highest BCUT2D eigenvalue weighted by atomic mass is 32.1. The van der Waals surface area contributed by atoms with Gasteiger partial charge in [0, 0.05) is 23.0 Å². The Morgan fingerprint density at radius 3 is 2.33 bits per heavy atom. The highest BCUT2D eigenvalue weighted by Crippen LogP contribution is 2.28. The van der Waals surface area contributed by atoms with E-state index < -0.39 is 0 Å². The predicted octanol–water partition coefficient (Wildman–Crippen LogP) is 3.37. The molecule has 104 valence electrons. The lowest BCUT2D eigenvalue weighted by Gasteiger charge is -2.43. The first-order chi connectivity index (χ1) is 8.23. The zero-order chi connectivity index (χ0) is 13.9. The van der Waals surface area contributed by atoms with Crippen molar-refractivity contribution in [2.24, 2.45) is 11.1 Å². The molecule has 0 aromatic carbocycles. The van der Waals surface area contributed by atoms with Gasteiger partial charge in [-0.2, -0.15) is 0 Å². The molecular formula is C15H28N2S. The van der Waals surface area contributed by atoms with Gasteiger partial charge in [-0.1, -0.05) is 26.8 Å². The Balaban J connectivity index is 2.74. The molecule has 0 aliphatic rings. The molecule has 0 radical (unpaired) electrons. The van der Waals surface area contributed by atoms with E-state index in [1.807, 2.05) is 11.3 Å². The SMILES string of the molecule is CC(N)C(N(C)C(C)Cc1cccs1)C(C)(C)C. The van der Waals surface area contributed by atoms with Crippen LogP contribution in [0.4, 0.5) is 0 Å². The Morgan fingerprint density at radius 1 is 1.33 bits per heavy atom. The van der Waals surface area contributed by atoms with Gasteiger partial charge in [-0.3, -0.25) is 4.90 Å². The van der Waals surface area contributed by atoms with E-state index in [0.717, 1.165) is 6.42 Å². The fourth-order valence-corrected chi connectivity index (χ4v) is 3.74. The van der Waals surface area contributed by atoms with E-state index in [-0.39, 0.29) is 11.5 Å². The first-order valence-corrected chi connectivity index (χ1v) is 7.61. The fourth-order valence-electron chi connectivity index (χ4n) is 2.91. The summed E-state index contributed by atoms with van der Waals surface area (Å²) in [6.45, 7) is 11.2. The number of thiophene rings is 1. The highest BCUT2D eigenvalue weighted by molar-refractivity contribution is 7.09. The highest BCUT2D eigenvalue weighted by Gasteiger charge is 2.33. The van der Waals surface area contributed by atoms with Crippen molar-refractivity contribution in [3.8, 4) is 0 Å². The van der Waals surface area contributed by atoms with Gasteiger partial charge in [0.15, 0.2) is 0 Å². The van der Waals surface area contributed by atoms with Crippen molar-refractivity contribution in [2.45, 2.75) is 59.2 Å². The van der Waals surface area contributed by atoms with Crippen LogP contribution in [0.15, 0.2) is 17.5 Å². The van der Waals surface area contributed by atoms with E-state index in [9.17, 15) is 0 Å². The first-order valence-electron chi connectivity index (χ1n) is 6.73. The maximum Gasteiger partial charge on any atom is 0.0292 e. The Hall–Kier alpha value is -0.380. The van der Waals surface area contributed by atoms with Crippen LogP contribution in [0.1, 0.15) is 39.5 Å². The molecule has 0 bridgehead atoms. The number of hydrogen-bond donors (Lipinski definition) is 1. The van der Waals surface area contributed by atoms with Crippen molar-refractivity contribution < 1.29 is 0 Å². The molecule has 0 spiro atoms. The molecule has 0 saturated heterocycles. The van der Waals surface area contributed by atoms with Gasteiger partial charge in [0.25, 0.3) is 0 Å².